The Labute approximate surface area is 105 Å². The molecule has 2 aromatic heterocycles. The fourth-order valence-corrected chi connectivity index (χ4v) is 1.96. The fourth-order valence-electron chi connectivity index (χ4n) is 1.48. The van der Waals surface area contributed by atoms with Crippen molar-refractivity contribution in [3.05, 3.63) is 35.9 Å². The highest BCUT2D eigenvalue weighted by molar-refractivity contribution is 7.89. The van der Waals surface area contributed by atoms with Crippen LogP contribution in [-0.4, -0.2) is 18.2 Å². The number of rotatable bonds is 5. The first kappa shape index (κ1) is 12.8. The maximum absolute atomic E-state index is 11.0. The number of hydrogen-bond acceptors (Lipinski definition) is 5. The van der Waals surface area contributed by atoms with Gasteiger partial charge in [-0.25, -0.2) is 13.6 Å². The Morgan fingerprint density at radius 2 is 2.17 bits per heavy atom. The van der Waals surface area contributed by atoms with Crippen LogP contribution in [0.3, 0.4) is 0 Å². The van der Waals surface area contributed by atoms with Gasteiger partial charge in [0.2, 0.25) is 5.09 Å². The van der Waals surface area contributed by atoms with Crippen molar-refractivity contribution in [3.8, 4) is 0 Å². The summed E-state index contributed by atoms with van der Waals surface area (Å²) in [7, 11) is -1.92. The van der Waals surface area contributed by atoms with Gasteiger partial charge in [-0.15, -0.1) is 0 Å². The zero-order valence-corrected chi connectivity index (χ0v) is 10.6. The predicted molar refractivity (Wildman–Crippen MR) is 63.8 cm³/mol. The molecule has 2 heterocycles. The molecule has 0 aliphatic carbocycles. The van der Waals surface area contributed by atoms with Crippen LogP contribution in [-0.2, 0) is 30.2 Å². The Morgan fingerprint density at radius 1 is 1.39 bits per heavy atom. The van der Waals surface area contributed by atoms with Gasteiger partial charge in [-0.2, -0.15) is 5.10 Å². The number of hydrogen-bond donors (Lipinski definition) is 2. The van der Waals surface area contributed by atoms with E-state index in [-0.39, 0.29) is 5.09 Å². The maximum atomic E-state index is 11.0. The molecule has 0 bridgehead atoms. The molecule has 0 amide bonds. The minimum atomic E-state index is -3.77. The topological polar surface area (TPSA) is 103 Å². The first-order chi connectivity index (χ1) is 8.45. The number of aryl methyl sites for hydroxylation is 1. The molecule has 0 atom stereocenters. The lowest BCUT2D eigenvalue weighted by Crippen LogP contribution is -2.13. The number of sulfonamides is 1. The van der Waals surface area contributed by atoms with Crippen LogP contribution in [0.25, 0.3) is 0 Å². The van der Waals surface area contributed by atoms with Gasteiger partial charge in [0.25, 0.3) is 10.0 Å². The minimum Gasteiger partial charge on any atom is -0.447 e. The molecular formula is C10H14N4O3S. The first-order valence-electron chi connectivity index (χ1n) is 5.26. The lowest BCUT2D eigenvalue weighted by Gasteiger charge is -1.99. The number of primary sulfonamides is 1. The summed E-state index contributed by atoms with van der Waals surface area (Å²) in [4.78, 5) is 0. The Balaban J connectivity index is 1.89. The van der Waals surface area contributed by atoms with Crippen LogP contribution in [0, 0.1) is 0 Å². The molecule has 8 heteroatoms. The molecule has 0 aliphatic rings. The van der Waals surface area contributed by atoms with Crippen LogP contribution < -0.4 is 10.5 Å². The van der Waals surface area contributed by atoms with Gasteiger partial charge in [0.15, 0.2) is 0 Å². The zero-order chi connectivity index (χ0) is 13.2. The minimum absolute atomic E-state index is 0.225. The standard InChI is InChI=1S/C10H14N4O3S/c1-14-5-4-8(13-14)6-12-7-9-2-3-10(17-9)18(11,15)16/h2-5,12H,6-7H2,1H3,(H2,11,15,16). The molecule has 0 radical (unpaired) electrons. The molecule has 0 spiro atoms. The molecule has 98 valence electrons. The fraction of sp³-hybridized carbons (Fsp3) is 0.300. The van der Waals surface area contributed by atoms with Crippen molar-refractivity contribution in [2.45, 2.75) is 18.2 Å². The van der Waals surface area contributed by atoms with Crippen molar-refractivity contribution in [3.63, 3.8) is 0 Å². The summed E-state index contributed by atoms with van der Waals surface area (Å²) in [5, 5.41) is 12.0. The third-order valence-electron chi connectivity index (χ3n) is 2.29. The SMILES string of the molecule is Cn1ccc(CNCc2ccc(S(N)(=O)=O)o2)n1. The van der Waals surface area contributed by atoms with E-state index in [1.54, 1.807) is 10.7 Å². The largest absolute Gasteiger partial charge is 0.447 e. The molecule has 0 aromatic carbocycles. The number of nitrogens with two attached hydrogens (primary N) is 1. The van der Waals surface area contributed by atoms with Gasteiger partial charge in [0, 0.05) is 19.8 Å². The molecular weight excluding hydrogens is 256 g/mol. The van der Waals surface area contributed by atoms with Gasteiger partial charge in [-0.1, -0.05) is 0 Å². The van der Waals surface area contributed by atoms with E-state index in [1.165, 1.54) is 6.07 Å². The highest BCUT2D eigenvalue weighted by Crippen LogP contribution is 2.11. The number of aromatic nitrogens is 2. The summed E-state index contributed by atoms with van der Waals surface area (Å²) in [5.41, 5.74) is 0.899. The Bertz CT molecular complexity index is 629. The van der Waals surface area contributed by atoms with Crippen molar-refractivity contribution < 1.29 is 12.8 Å². The molecule has 3 N–H and O–H groups in total. The van der Waals surface area contributed by atoms with Crippen LogP contribution >= 0.6 is 0 Å². The summed E-state index contributed by atoms with van der Waals surface area (Å²) in [6, 6.07) is 4.81. The second-order valence-corrected chi connectivity index (χ2v) is 5.34. The second kappa shape index (κ2) is 4.92. The van der Waals surface area contributed by atoms with Crippen molar-refractivity contribution in [2.24, 2.45) is 12.2 Å². The van der Waals surface area contributed by atoms with Gasteiger partial charge in [0.05, 0.1) is 12.2 Å². The van der Waals surface area contributed by atoms with Crippen LogP contribution in [0.5, 0.6) is 0 Å². The second-order valence-electron chi connectivity index (χ2n) is 3.85. The quantitative estimate of drug-likeness (QED) is 0.793. The lowest BCUT2D eigenvalue weighted by atomic mass is 10.4. The van der Waals surface area contributed by atoms with Crippen molar-refractivity contribution in [2.75, 3.05) is 0 Å². The molecule has 2 aromatic rings. The lowest BCUT2D eigenvalue weighted by molar-refractivity contribution is 0.401. The average Bonchev–Trinajstić information content (AvgIpc) is 2.87. The summed E-state index contributed by atoms with van der Waals surface area (Å²) in [6.07, 6.45) is 1.85. The highest BCUT2D eigenvalue weighted by atomic mass is 32.2. The third kappa shape index (κ3) is 3.19. The Morgan fingerprint density at radius 3 is 2.72 bits per heavy atom. The summed E-state index contributed by atoms with van der Waals surface area (Å²) in [6.45, 7) is 0.984. The highest BCUT2D eigenvalue weighted by Gasteiger charge is 2.12. The maximum Gasteiger partial charge on any atom is 0.271 e. The van der Waals surface area contributed by atoms with Crippen molar-refractivity contribution in [1.82, 2.24) is 15.1 Å². The summed E-state index contributed by atoms with van der Waals surface area (Å²) >= 11 is 0. The zero-order valence-electron chi connectivity index (χ0n) is 9.83. The smallest absolute Gasteiger partial charge is 0.271 e. The van der Waals surface area contributed by atoms with E-state index in [1.807, 2.05) is 19.3 Å². The van der Waals surface area contributed by atoms with Crippen LogP contribution in [0.2, 0.25) is 0 Å². The van der Waals surface area contributed by atoms with E-state index in [2.05, 4.69) is 10.4 Å². The van der Waals surface area contributed by atoms with Gasteiger partial charge < -0.3 is 9.73 Å². The molecule has 0 saturated carbocycles. The van der Waals surface area contributed by atoms with Gasteiger partial charge in [-0.05, 0) is 18.2 Å². The van der Waals surface area contributed by atoms with Crippen LogP contribution in [0.15, 0.2) is 33.9 Å². The monoisotopic (exact) mass is 270 g/mol. The van der Waals surface area contributed by atoms with E-state index in [4.69, 9.17) is 9.56 Å². The normalized spacial score (nSPS) is 11.9. The van der Waals surface area contributed by atoms with E-state index in [0.717, 1.165) is 5.69 Å². The molecule has 0 aliphatic heterocycles. The molecule has 0 fully saturated rings. The van der Waals surface area contributed by atoms with Crippen LogP contribution in [0.1, 0.15) is 11.5 Å². The Kier molecular flexibility index (Phi) is 3.50. The van der Waals surface area contributed by atoms with E-state index < -0.39 is 10.0 Å². The third-order valence-corrected chi connectivity index (χ3v) is 3.07. The number of furan rings is 1. The van der Waals surface area contributed by atoms with Crippen molar-refractivity contribution in [1.29, 1.82) is 0 Å². The molecule has 0 saturated heterocycles. The van der Waals surface area contributed by atoms with Crippen molar-refractivity contribution >= 4 is 10.0 Å². The molecule has 0 unspecified atom stereocenters. The predicted octanol–water partition coefficient (Wildman–Crippen LogP) is -0.0497. The van der Waals surface area contributed by atoms with Gasteiger partial charge in [-0.3, -0.25) is 4.68 Å². The first-order valence-corrected chi connectivity index (χ1v) is 6.80. The molecule has 7 nitrogen and oxygen atoms in total. The summed E-state index contributed by atoms with van der Waals surface area (Å²) in [5.74, 6) is 0.509. The molecule has 18 heavy (non-hydrogen) atoms. The summed E-state index contributed by atoms with van der Waals surface area (Å²) < 4.78 is 28.8. The van der Waals surface area contributed by atoms with E-state index in [0.29, 0.717) is 18.8 Å². The number of nitrogens with one attached hydrogen (secondary N) is 1. The van der Waals surface area contributed by atoms with E-state index >= 15 is 0 Å². The van der Waals surface area contributed by atoms with Gasteiger partial charge >= 0.3 is 0 Å². The van der Waals surface area contributed by atoms with E-state index in [9.17, 15) is 8.42 Å². The van der Waals surface area contributed by atoms with Gasteiger partial charge in [0.1, 0.15) is 5.76 Å². The molecule has 2 rings (SSSR count). The van der Waals surface area contributed by atoms with Crippen LogP contribution in [0.4, 0.5) is 0 Å². The average molecular weight is 270 g/mol. The number of nitrogens with zero attached hydrogens (tertiary/aromatic N) is 2. The Hall–Kier alpha value is -1.64.